The minimum atomic E-state index is -5.08. The van der Waals surface area contributed by atoms with Crippen molar-refractivity contribution < 1.29 is 37.4 Å². The molecule has 4 rings (SSSR count). The quantitative estimate of drug-likeness (QED) is 0.676. The van der Waals surface area contributed by atoms with E-state index in [2.05, 4.69) is 10.3 Å². The second-order valence-electron chi connectivity index (χ2n) is 8.64. The van der Waals surface area contributed by atoms with E-state index in [1.165, 1.54) is 0 Å². The Bertz CT molecular complexity index is 1050. The number of amides is 2. The molecule has 1 aromatic heterocycles. The number of hydrogen-bond acceptors (Lipinski definition) is 5. The monoisotopic (exact) mass is 496 g/mol. The number of carboxylic acids is 1. The zero-order chi connectivity index (χ0) is 25.8. The van der Waals surface area contributed by atoms with Crippen molar-refractivity contribution in [3.8, 4) is 0 Å². The van der Waals surface area contributed by atoms with Gasteiger partial charge in [0.15, 0.2) is 6.10 Å². The average Bonchev–Trinajstić information content (AvgIpc) is 3.29. The lowest BCUT2D eigenvalue weighted by atomic mass is 9.88. The zero-order valence-electron chi connectivity index (χ0n) is 19.3. The van der Waals surface area contributed by atoms with Gasteiger partial charge < -0.3 is 24.6 Å². The van der Waals surface area contributed by atoms with Gasteiger partial charge in [0, 0.05) is 49.9 Å². The minimum absolute atomic E-state index is 0.0206. The van der Waals surface area contributed by atoms with Gasteiger partial charge in [-0.25, -0.2) is 9.78 Å². The van der Waals surface area contributed by atoms with Gasteiger partial charge in [0.2, 0.25) is 5.91 Å². The number of carbonyl (C=O) groups is 3. The number of aromatic nitrogens is 2. The molecule has 0 saturated carbocycles. The van der Waals surface area contributed by atoms with Crippen LogP contribution >= 0.6 is 0 Å². The Morgan fingerprint density at radius 3 is 2.31 bits per heavy atom. The lowest BCUT2D eigenvalue weighted by Gasteiger charge is -2.45. The fourth-order valence-corrected chi connectivity index (χ4v) is 4.07. The predicted octanol–water partition coefficient (Wildman–Crippen LogP) is 3.03. The third kappa shape index (κ3) is 6.18. The minimum Gasteiger partial charge on any atom is -0.475 e. The third-order valence-electron chi connectivity index (χ3n) is 5.81. The van der Waals surface area contributed by atoms with E-state index in [-0.39, 0.29) is 17.7 Å². The molecule has 0 aliphatic carbocycles. The van der Waals surface area contributed by atoms with Crippen molar-refractivity contribution in [1.29, 1.82) is 0 Å². The number of para-hydroxylation sites is 1. The van der Waals surface area contributed by atoms with Gasteiger partial charge in [-0.15, -0.1) is 0 Å². The number of imidazole rings is 1. The van der Waals surface area contributed by atoms with Crippen LogP contribution in [0.25, 0.3) is 0 Å². The first kappa shape index (κ1) is 26.2. The Balaban J connectivity index is 0.000000429. The van der Waals surface area contributed by atoms with E-state index >= 15 is 0 Å². The third-order valence-corrected chi connectivity index (χ3v) is 5.81. The van der Waals surface area contributed by atoms with Crippen LogP contribution in [0, 0.1) is 5.92 Å². The van der Waals surface area contributed by atoms with Gasteiger partial charge in [-0.3, -0.25) is 9.59 Å². The molecule has 12 heteroatoms. The number of ether oxygens (including phenoxy) is 1. The number of carbonyl (C=O) groups excluding carboxylic acids is 2. The highest BCUT2D eigenvalue weighted by molar-refractivity contribution is 5.94. The number of alkyl halides is 3. The van der Waals surface area contributed by atoms with Crippen molar-refractivity contribution in [3.63, 3.8) is 0 Å². The number of halogens is 3. The maximum absolute atomic E-state index is 12.9. The summed E-state index contributed by atoms with van der Waals surface area (Å²) in [5.41, 5.74) is 0.118. The van der Waals surface area contributed by atoms with Gasteiger partial charge in [0.05, 0.1) is 6.54 Å². The number of aliphatic carboxylic acids is 1. The van der Waals surface area contributed by atoms with E-state index in [0.29, 0.717) is 32.5 Å². The zero-order valence-corrected chi connectivity index (χ0v) is 19.3. The molecule has 1 saturated heterocycles. The molecule has 9 nitrogen and oxygen atoms in total. The summed E-state index contributed by atoms with van der Waals surface area (Å²) in [4.78, 5) is 40.5. The molecule has 1 atom stereocenters. The largest absolute Gasteiger partial charge is 0.490 e. The fourth-order valence-electron chi connectivity index (χ4n) is 4.07. The van der Waals surface area contributed by atoms with Crippen LogP contribution in [0.5, 0.6) is 0 Å². The topological polar surface area (TPSA) is 114 Å². The Labute approximate surface area is 199 Å². The molecule has 2 aliphatic heterocycles. The van der Waals surface area contributed by atoms with Gasteiger partial charge in [0.25, 0.3) is 5.91 Å². The lowest BCUT2D eigenvalue weighted by Crippen LogP contribution is -2.54. The molecule has 2 aliphatic rings. The van der Waals surface area contributed by atoms with Crippen LogP contribution in [0.3, 0.4) is 0 Å². The molecular formula is C23H27F3N4O5. The van der Waals surface area contributed by atoms with E-state index < -0.39 is 23.9 Å². The van der Waals surface area contributed by atoms with Crippen LogP contribution in [-0.2, 0) is 31.3 Å². The summed E-state index contributed by atoms with van der Waals surface area (Å²) in [6, 6.07) is 9.39. The number of anilines is 1. The SMILES string of the molecule is CC(C)C(=O)N1CCC2(CC1)OC(C(=O)Nc1ccccc1)Cn1ccnc12.O=C(O)C(F)(F)F. The first-order valence-corrected chi connectivity index (χ1v) is 11.1. The van der Waals surface area contributed by atoms with Crippen LogP contribution in [0.1, 0.15) is 32.5 Å². The van der Waals surface area contributed by atoms with Crippen LogP contribution in [0.15, 0.2) is 42.7 Å². The highest BCUT2D eigenvalue weighted by Gasteiger charge is 2.47. The van der Waals surface area contributed by atoms with Crippen molar-refractivity contribution in [2.24, 2.45) is 5.92 Å². The first-order valence-electron chi connectivity index (χ1n) is 11.1. The van der Waals surface area contributed by atoms with Gasteiger partial charge in [-0.2, -0.15) is 13.2 Å². The number of rotatable bonds is 3. The molecule has 2 amide bonds. The summed E-state index contributed by atoms with van der Waals surface area (Å²) < 4.78 is 40.1. The molecule has 2 N–H and O–H groups in total. The van der Waals surface area contributed by atoms with E-state index in [9.17, 15) is 22.8 Å². The number of fused-ring (bicyclic) bond motifs is 2. The number of likely N-dealkylation sites (tertiary alicyclic amines) is 1. The van der Waals surface area contributed by atoms with Crippen molar-refractivity contribution in [2.45, 2.75) is 51.1 Å². The number of piperidine rings is 1. The summed E-state index contributed by atoms with van der Waals surface area (Å²) in [6.45, 7) is 5.49. The Morgan fingerprint density at radius 2 is 1.77 bits per heavy atom. The summed E-state index contributed by atoms with van der Waals surface area (Å²) >= 11 is 0. The molecule has 2 aromatic rings. The highest BCUT2D eigenvalue weighted by atomic mass is 19.4. The molecule has 1 aromatic carbocycles. The normalized spacial score (nSPS) is 18.9. The van der Waals surface area contributed by atoms with Crippen molar-refractivity contribution in [3.05, 3.63) is 48.5 Å². The number of carboxylic acid groups (broad SMARTS) is 1. The molecule has 1 unspecified atom stereocenters. The maximum atomic E-state index is 12.9. The second kappa shape index (κ2) is 10.5. The van der Waals surface area contributed by atoms with E-state index in [0.717, 1.165) is 11.5 Å². The highest BCUT2D eigenvalue weighted by Crippen LogP contribution is 2.40. The molecule has 3 heterocycles. The second-order valence-corrected chi connectivity index (χ2v) is 8.64. The number of nitrogens with zero attached hydrogens (tertiary/aromatic N) is 3. The van der Waals surface area contributed by atoms with Crippen LogP contribution < -0.4 is 5.32 Å². The summed E-state index contributed by atoms with van der Waals surface area (Å²) in [5.74, 6) is -1.92. The van der Waals surface area contributed by atoms with Gasteiger partial charge in [-0.1, -0.05) is 32.0 Å². The Morgan fingerprint density at radius 1 is 1.17 bits per heavy atom. The fraction of sp³-hybridized carbons (Fsp3) is 0.478. The van der Waals surface area contributed by atoms with Crippen molar-refractivity contribution in [1.82, 2.24) is 14.5 Å². The average molecular weight is 496 g/mol. The molecule has 35 heavy (non-hydrogen) atoms. The van der Waals surface area contributed by atoms with Crippen LogP contribution in [-0.4, -0.2) is 62.7 Å². The molecule has 190 valence electrons. The smallest absolute Gasteiger partial charge is 0.475 e. The Hall–Kier alpha value is -3.41. The summed E-state index contributed by atoms with van der Waals surface area (Å²) in [6.07, 6.45) is -0.762. The van der Waals surface area contributed by atoms with E-state index in [4.69, 9.17) is 14.6 Å². The summed E-state index contributed by atoms with van der Waals surface area (Å²) in [5, 5.41) is 10.1. The Kier molecular flexibility index (Phi) is 7.83. The lowest BCUT2D eigenvalue weighted by molar-refractivity contribution is -0.192. The van der Waals surface area contributed by atoms with Crippen LogP contribution in [0.4, 0.5) is 18.9 Å². The number of benzene rings is 1. The molecule has 0 radical (unpaired) electrons. The summed E-state index contributed by atoms with van der Waals surface area (Å²) in [7, 11) is 0. The number of hydrogen-bond donors (Lipinski definition) is 2. The molecule has 1 fully saturated rings. The van der Waals surface area contributed by atoms with Crippen molar-refractivity contribution in [2.75, 3.05) is 18.4 Å². The standard InChI is InChI=1S/C21H26N4O3.C2HF3O2/c1-15(2)19(27)24-11-8-21(9-12-24)20-22-10-13-25(20)14-17(28-21)18(26)23-16-6-4-3-5-7-16;3-2(4,5)1(6)7/h3-7,10,13,15,17H,8-9,11-12,14H2,1-2H3,(H,23,26);(H,6,7). The van der Waals surface area contributed by atoms with Gasteiger partial charge in [0.1, 0.15) is 11.4 Å². The first-order chi connectivity index (χ1) is 16.4. The molecule has 0 bridgehead atoms. The van der Waals surface area contributed by atoms with E-state index in [1.807, 2.05) is 59.8 Å². The molecule has 1 spiro atoms. The van der Waals surface area contributed by atoms with Gasteiger partial charge >= 0.3 is 12.1 Å². The van der Waals surface area contributed by atoms with Crippen LogP contribution in [0.2, 0.25) is 0 Å². The predicted molar refractivity (Wildman–Crippen MR) is 118 cm³/mol. The molecular weight excluding hydrogens is 469 g/mol. The van der Waals surface area contributed by atoms with Crippen molar-refractivity contribution >= 4 is 23.5 Å². The number of nitrogens with one attached hydrogen (secondary N) is 1. The van der Waals surface area contributed by atoms with Gasteiger partial charge in [-0.05, 0) is 12.1 Å². The van der Waals surface area contributed by atoms with E-state index in [1.54, 1.807) is 6.20 Å². The maximum Gasteiger partial charge on any atom is 0.490 e.